The SMILES string of the molecule is COCC1=CCN(c2ccc(CNCC(C)C)cn2)CC1. The molecule has 1 aromatic heterocycles. The zero-order valence-corrected chi connectivity index (χ0v) is 13.4. The molecule has 4 heteroatoms. The predicted octanol–water partition coefficient (Wildman–Crippen LogP) is 2.61. The van der Waals surface area contributed by atoms with Gasteiger partial charge >= 0.3 is 0 Å². The number of methoxy groups -OCH3 is 1. The molecular formula is C17H27N3O. The topological polar surface area (TPSA) is 37.4 Å². The van der Waals surface area contributed by atoms with Crippen LogP contribution in [-0.2, 0) is 11.3 Å². The van der Waals surface area contributed by atoms with Gasteiger partial charge in [-0.3, -0.25) is 0 Å². The Morgan fingerprint density at radius 2 is 2.24 bits per heavy atom. The third-order valence-corrected chi connectivity index (χ3v) is 3.65. The summed E-state index contributed by atoms with van der Waals surface area (Å²) in [6.45, 7) is 9.07. The molecule has 0 saturated heterocycles. The van der Waals surface area contributed by atoms with Gasteiger partial charge in [0.15, 0.2) is 0 Å². The van der Waals surface area contributed by atoms with E-state index in [2.05, 4.69) is 47.3 Å². The average Bonchev–Trinajstić information content (AvgIpc) is 2.49. The first-order valence-corrected chi connectivity index (χ1v) is 7.76. The first kappa shape index (κ1) is 16.0. The van der Waals surface area contributed by atoms with E-state index in [0.29, 0.717) is 5.92 Å². The number of hydrogen-bond donors (Lipinski definition) is 1. The Labute approximate surface area is 128 Å². The molecular weight excluding hydrogens is 262 g/mol. The van der Waals surface area contributed by atoms with E-state index >= 15 is 0 Å². The summed E-state index contributed by atoms with van der Waals surface area (Å²) in [6.07, 6.45) is 5.30. The highest BCUT2D eigenvalue weighted by atomic mass is 16.5. The number of hydrogen-bond acceptors (Lipinski definition) is 4. The monoisotopic (exact) mass is 289 g/mol. The van der Waals surface area contributed by atoms with Gasteiger partial charge in [-0.15, -0.1) is 0 Å². The van der Waals surface area contributed by atoms with Gasteiger partial charge in [0.05, 0.1) is 6.61 Å². The first-order chi connectivity index (χ1) is 10.2. The number of nitrogens with zero attached hydrogens (tertiary/aromatic N) is 2. The Balaban J connectivity index is 1.85. The maximum atomic E-state index is 5.18. The summed E-state index contributed by atoms with van der Waals surface area (Å²) < 4.78 is 5.18. The Kier molecular flexibility index (Phi) is 6.21. The number of nitrogens with one attached hydrogen (secondary N) is 1. The van der Waals surface area contributed by atoms with E-state index < -0.39 is 0 Å². The van der Waals surface area contributed by atoms with Gasteiger partial charge in [0, 0.05) is 32.9 Å². The van der Waals surface area contributed by atoms with Crippen molar-refractivity contribution in [1.82, 2.24) is 10.3 Å². The van der Waals surface area contributed by atoms with Gasteiger partial charge in [0.25, 0.3) is 0 Å². The first-order valence-electron chi connectivity index (χ1n) is 7.76. The Morgan fingerprint density at radius 1 is 1.38 bits per heavy atom. The lowest BCUT2D eigenvalue weighted by Gasteiger charge is -2.27. The van der Waals surface area contributed by atoms with Crippen LogP contribution in [0, 0.1) is 5.92 Å². The summed E-state index contributed by atoms with van der Waals surface area (Å²) >= 11 is 0. The van der Waals surface area contributed by atoms with Crippen LogP contribution in [0.5, 0.6) is 0 Å². The van der Waals surface area contributed by atoms with Crippen molar-refractivity contribution >= 4 is 5.82 Å². The van der Waals surface area contributed by atoms with Crippen molar-refractivity contribution in [3.63, 3.8) is 0 Å². The van der Waals surface area contributed by atoms with Crippen LogP contribution in [-0.4, -0.2) is 38.3 Å². The van der Waals surface area contributed by atoms with Crippen molar-refractivity contribution < 1.29 is 4.74 Å². The van der Waals surface area contributed by atoms with E-state index in [1.54, 1.807) is 7.11 Å². The van der Waals surface area contributed by atoms with Crippen molar-refractivity contribution in [2.45, 2.75) is 26.8 Å². The highest BCUT2D eigenvalue weighted by Crippen LogP contribution is 2.18. The molecule has 0 spiro atoms. The number of aromatic nitrogens is 1. The second-order valence-corrected chi connectivity index (χ2v) is 6.04. The van der Waals surface area contributed by atoms with Crippen LogP contribution < -0.4 is 10.2 Å². The molecule has 0 saturated carbocycles. The van der Waals surface area contributed by atoms with Gasteiger partial charge in [-0.1, -0.05) is 26.0 Å². The maximum Gasteiger partial charge on any atom is 0.128 e. The van der Waals surface area contributed by atoms with E-state index in [9.17, 15) is 0 Å². The van der Waals surface area contributed by atoms with Gasteiger partial charge in [-0.2, -0.15) is 0 Å². The zero-order valence-electron chi connectivity index (χ0n) is 13.4. The Bertz CT molecular complexity index is 454. The van der Waals surface area contributed by atoms with E-state index in [1.807, 2.05) is 6.20 Å². The molecule has 116 valence electrons. The van der Waals surface area contributed by atoms with Gasteiger partial charge in [0.1, 0.15) is 5.82 Å². The molecule has 1 aliphatic rings. The zero-order chi connectivity index (χ0) is 15.1. The van der Waals surface area contributed by atoms with E-state index in [4.69, 9.17) is 4.74 Å². The quantitative estimate of drug-likeness (QED) is 0.783. The van der Waals surface area contributed by atoms with Crippen LogP contribution in [0.4, 0.5) is 5.82 Å². The largest absolute Gasteiger partial charge is 0.380 e. The van der Waals surface area contributed by atoms with Crippen LogP contribution in [0.1, 0.15) is 25.8 Å². The summed E-state index contributed by atoms with van der Waals surface area (Å²) in [4.78, 5) is 6.91. The molecule has 0 aromatic carbocycles. The van der Waals surface area contributed by atoms with Crippen molar-refractivity contribution in [3.05, 3.63) is 35.5 Å². The molecule has 0 atom stereocenters. The van der Waals surface area contributed by atoms with Gasteiger partial charge in [0.2, 0.25) is 0 Å². The minimum atomic E-state index is 0.679. The fraction of sp³-hybridized carbons (Fsp3) is 0.588. The molecule has 4 nitrogen and oxygen atoms in total. The predicted molar refractivity (Wildman–Crippen MR) is 87.6 cm³/mol. The molecule has 21 heavy (non-hydrogen) atoms. The maximum absolute atomic E-state index is 5.18. The van der Waals surface area contributed by atoms with Crippen LogP contribution in [0.15, 0.2) is 30.0 Å². The van der Waals surface area contributed by atoms with Crippen molar-refractivity contribution in [2.75, 3.05) is 38.3 Å². The molecule has 1 N–H and O–H groups in total. The van der Waals surface area contributed by atoms with Crippen LogP contribution in [0.3, 0.4) is 0 Å². The minimum absolute atomic E-state index is 0.679. The molecule has 1 aliphatic heterocycles. The normalized spacial score (nSPS) is 15.4. The second kappa shape index (κ2) is 8.15. The molecule has 0 amide bonds. The van der Waals surface area contributed by atoms with Gasteiger partial charge < -0.3 is 15.0 Å². The van der Waals surface area contributed by atoms with Crippen molar-refractivity contribution in [3.8, 4) is 0 Å². The molecule has 2 heterocycles. The van der Waals surface area contributed by atoms with Crippen LogP contribution >= 0.6 is 0 Å². The van der Waals surface area contributed by atoms with E-state index in [1.165, 1.54) is 11.1 Å². The minimum Gasteiger partial charge on any atom is -0.380 e. The highest BCUT2D eigenvalue weighted by Gasteiger charge is 2.12. The Hall–Kier alpha value is -1.39. The Morgan fingerprint density at radius 3 is 2.81 bits per heavy atom. The lowest BCUT2D eigenvalue weighted by Crippen LogP contribution is -2.30. The average molecular weight is 289 g/mol. The molecule has 0 fully saturated rings. The summed E-state index contributed by atoms with van der Waals surface area (Å²) in [5.74, 6) is 1.74. The summed E-state index contributed by atoms with van der Waals surface area (Å²) in [5, 5.41) is 3.44. The standard InChI is InChI=1S/C17H27N3O/c1-14(2)10-18-11-16-4-5-17(19-12-16)20-8-6-15(7-9-20)13-21-3/h4-6,12,14,18H,7-11,13H2,1-3H3. The van der Waals surface area contributed by atoms with Crippen LogP contribution in [0.2, 0.25) is 0 Å². The number of pyridine rings is 1. The fourth-order valence-electron chi connectivity index (χ4n) is 2.45. The molecule has 1 aromatic rings. The lowest BCUT2D eigenvalue weighted by molar-refractivity contribution is 0.222. The number of anilines is 1. The van der Waals surface area contributed by atoms with E-state index in [-0.39, 0.29) is 0 Å². The number of ether oxygens (including phenoxy) is 1. The van der Waals surface area contributed by atoms with Crippen LogP contribution in [0.25, 0.3) is 0 Å². The van der Waals surface area contributed by atoms with E-state index in [0.717, 1.165) is 45.0 Å². The third kappa shape index (κ3) is 5.14. The molecule has 0 radical (unpaired) electrons. The summed E-state index contributed by atoms with van der Waals surface area (Å²) in [7, 11) is 1.75. The van der Waals surface area contributed by atoms with Crippen molar-refractivity contribution in [1.29, 1.82) is 0 Å². The third-order valence-electron chi connectivity index (χ3n) is 3.65. The van der Waals surface area contributed by atoms with Gasteiger partial charge in [-0.05, 0) is 36.1 Å². The second-order valence-electron chi connectivity index (χ2n) is 6.04. The number of rotatable bonds is 7. The molecule has 0 bridgehead atoms. The lowest BCUT2D eigenvalue weighted by atomic mass is 10.1. The molecule has 2 rings (SSSR count). The van der Waals surface area contributed by atoms with Gasteiger partial charge in [-0.25, -0.2) is 4.98 Å². The van der Waals surface area contributed by atoms with Crippen molar-refractivity contribution in [2.24, 2.45) is 5.92 Å². The molecule has 0 unspecified atom stereocenters. The molecule has 0 aliphatic carbocycles. The summed E-state index contributed by atoms with van der Waals surface area (Å²) in [5.41, 5.74) is 2.63. The smallest absolute Gasteiger partial charge is 0.128 e. The summed E-state index contributed by atoms with van der Waals surface area (Å²) in [6, 6.07) is 4.30. The fourth-order valence-corrected chi connectivity index (χ4v) is 2.45. The highest BCUT2D eigenvalue weighted by molar-refractivity contribution is 5.42.